The Balaban J connectivity index is 1.22. The van der Waals surface area contributed by atoms with Crippen LogP contribution >= 0.6 is 0 Å². The third kappa shape index (κ3) is 4.61. The van der Waals surface area contributed by atoms with Crippen LogP contribution in [0.2, 0.25) is 0 Å². The van der Waals surface area contributed by atoms with Crippen molar-refractivity contribution in [2.75, 3.05) is 0 Å². The van der Waals surface area contributed by atoms with Gasteiger partial charge in [-0.05, 0) is 59.7 Å². The Hall–Kier alpha value is -7.38. The van der Waals surface area contributed by atoms with Crippen LogP contribution in [0.4, 0.5) is 0 Å². The molecule has 0 saturated heterocycles. The van der Waals surface area contributed by atoms with Gasteiger partial charge in [-0.3, -0.25) is 4.57 Å². The maximum Gasteiger partial charge on any atom is 0.238 e. The van der Waals surface area contributed by atoms with E-state index in [1.807, 2.05) is 84.9 Å². The third-order valence-corrected chi connectivity index (χ3v) is 9.93. The average molecular weight is 682 g/mol. The molecular formula is C46H27N5O2. The Morgan fingerprint density at radius 3 is 1.70 bits per heavy atom. The van der Waals surface area contributed by atoms with E-state index in [0.29, 0.717) is 45.7 Å². The fourth-order valence-corrected chi connectivity index (χ4v) is 7.54. The second kappa shape index (κ2) is 11.6. The summed E-state index contributed by atoms with van der Waals surface area (Å²) in [4.78, 5) is 20.5. The van der Waals surface area contributed by atoms with Gasteiger partial charge in [0.05, 0.1) is 22.2 Å². The van der Waals surface area contributed by atoms with Crippen LogP contribution < -0.4 is 0 Å². The van der Waals surface area contributed by atoms with Gasteiger partial charge in [0, 0.05) is 27.1 Å². The summed E-state index contributed by atoms with van der Waals surface area (Å²) in [7, 11) is 0. The standard InChI is InChI=1S/C46H27N5O2/c1-3-14-28(15-4-1)30-26-27-35(42-40(30)33-20-9-12-25-39(33)52-42)44-48-43(34-21-13-22-36-41(34)53-45(47-36)29-16-5-2-6-17-29)49-46(50-44)51-37-23-10-7-18-31(37)32-19-8-11-24-38(32)51/h1-27H. The van der Waals surface area contributed by atoms with E-state index in [0.717, 1.165) is 60.4 Å². The van der Waals surface area contributed by atoms with Gasteiger partial charge in [-0.1, -0.05) is 115 Å². The number of benzene rings is 7. The number of furan rings is 1. The minimum Gasteiger partial charge on any atom is -0.455 e. The maximum atomic E-state index is 6.70. The zero-order valence-corrected chi connectivity index (χ0v) is 28.1. The molecule has 4 aromatic heterocycles. The summed E-state index contributed by atoms with van der Waals surface area (Å²) < 4.78 is 15.3. The molecule has 0 atom stereocenters. The van der Waals surface area contributed by atoms with Crippen LogP contribution in [-0.4, -0.2) is 24.5 Å². The van der Waals surface area contributed by atoms with E-state index in [9.17, 15) is 0 Å². The van der Waals surface area contributed by atoms with Gasteiger partial charge in [-0.2, -0.15) is 9.97 Å². The van der Waals surface area contributed by atoms with Crippen LogP contribution in [-0.2, 0) is 0 Å². The molecule has 7 heteroatoms. The second-order valence-electron chi connectivity index (χ2n) is 13.0. The summed E-state index contributed by atoms with van der Waals surface area (Å²) in [5, 5.41) is 4.26. The number of hydrogen-bond acceptors (Lipinski definition) is 6. The van der Waals surface area contributed by atoms with Crippen molar-refractivity contribution in [3.63, 3.8) is 0 Å². The minimum atomic E-state index is 0.463. The van der Waals surface area contributed by atoms with Crippen LogP contribution in [0.3, 0.4) is 0 Å². The molecule has 11 aromatic rings. The first-order valence-corrected chi connectivity index (χ1v) is 17.5. The van der Waals surface area contributed by atoms with Gasteiger partial charge in [0.2, 0.25) is 11.8 Å². The summed E-state index contributed by atoms with van der Waals surface area (Å²) in [5.41, 5.74) is 9.35. The SMILES string of the molecule is c1ccc(-c2nc3cccc(-c4nc(-c5ccc(-c6ccccc6)c6c5oc5ccccc56)nc(-n5c6ccccc6c6ccccc65)n4)c3o2)cc1. The van der Waals surface area contributed by atoms with Crippen LogP contribution in [0.25, 0.3) is 106 Å². The molecule has 7 aromatic carbocycles. The molecule has 0 aliphatic carbocycles. The maximum absolute atomic E-state index is 6.70. The van der Waals surface area contributed by atoms with Crippen molar-refractivity contribution in [1.29, 1.82) is 0 Å². The molecule has 248 valence electrons. The lowest BCUT2D eigenvalue weighted by atomic mass is 9.97. The van der Waals surface area contributed by atoms with Gasteiger partial charge in [0.15, 0.2) is 17.2 Å². The Bertz CT molecular complexity index is 3130. The summed E-state index contributed by atoms with van der Waals surface area (Å²) in [6.07, 6.45) is 0. The smallest absolute Gasteiger partial charge is 0.238 e. The molecule has 0 unspecified atom stereocenters. The Kier molecular flexibility index (Phi) is 6.42. The molecular weight excluding hydrogens is 655 g/mol. The van der Waals surface area contributed by atoms with Crippen molar-refractivity contribution in [2.24, 2.45) is 0 Å². The minimum absolute atomic E-state index is 0.463. The van der Waals surface area contributed by atoms with E-state index in [1.54, 1.807) is 0 Å². The van der Waals surface area contributed by atoms with Crippen LogP contribution in [0.5, 0.6) is 0 Å². The highest BCUT2D eigenvalue weighted by atomic mass is 16.3. The van der Waals surface area contributed by atoms with E-state index in [4.69, 9.17) is 28.8 Å². The molecule has 4 heterocycles. The summed E-state index contributed by atoms with van der Waals surface area (Å²) in [6, 6.07) is 55.2. The second-order valence-corrected chi connectivity index (χ2v) is 13.0. The number of rotatable bonds is 5. The molecule has 7 nitrogen and oxygen atoms in total. The molecule has 11 rings (SSSR count). The number of fused-ring (bicyclic) bond motifs is 7. The highest BCUT2D eigenvalue weighted by Crippen LogP contribution is 2.42. The van der Waals surface area contributed by atoms with E-state index < -0.39 is 0 Å². The lowest BCUT2D eigenvalue weighted by molar-refractivity contribution is 0.620. The molecule has 0 saturated carbocycles. The molecule has 53 heavy (non-hydrogen) atoms. The van der Waals surface area contributed by atoms with E-state index in [1.165, 1.54) is 0 Å². The average Bonchev–Trinajstić information content (AvgIpc) is 3.93. The van der Waals surface area contributed by atoms with Gasteiger partial charge in [0.25, 0.3) is 0 Å². The molecule has 0 N–H and O–H groups in total. The van der Waals surface area contributed by atoms with E-state index in [-0.39, 0.29) is 0 Å². The number of para-hydroxylation sites is 4. The third-order valence-electron chi connectivity index (χ3n) is 9.93. The first-order chi connectivity index (χ1) is 26.3. The topological polar surface area (TPSA) is 82.8 Å². The summed E-state index contributed by atoms with van der Waals surface area (Å²) in [5.74, 6) is 1.96. The molecule has 0 radical (unpaired) electrons. The Morgan fingerprint density at radius 2 is 0.981 bits per heavy atom. The zero-order chi connectivity index (χ0) is 34.9. The highest BCUT2D eigenvalue weighted by molar-refractivity contribution is 6.16. The van der Waals surface area contributed by atoms with Gasteiger partial charge in [-0.25, -0.2) is 9.97 Å². The van der Waals surface area contributed by atoms with Crippen molar-refractivity contribution in [2.45, 2.75) is 0 Å². The number of nitrogens with zero attached hydrogens (tertiary/aromatic N) is 5. The molecule has 0 aliphatic rings. The van der Waals surface area contributed by atoms with Crippen molar-refractivity contribution in [1.82, 2.24) is 24.5 Å². The van der Waals surface area contributed by atoms with E-state index >= 15 is 0 Å². The zero-order valence-electron chi connectivity index (χ0n) is 28.1. The molecule has 0 bridgehead atoms. The van der Waals surface area contributed by atoms with E-state index in [2.05, 4.69) is 83.4 Å². The quantitative estimate of drug-likeness (QED) is 0.180. The number of oxazole rings is 1. The lowest BCUT2D eigenvalue weighted by Gasteiger charge is -2.12. The number of aromatic nitrogens is 5. The summed E-state index contributed by atoms with van der Waals surface area (Å²) in [6.45, 7) is 0. The van der Waals surface area contributed by atoms with Gasteiger partial charge in [-0.15, -0.1) is 0 Å². The van der Waals surface area contributed by atoms with Crippen molar-refractivity contribution >= 4 is 54.8 Å². The van der Waals surface area contributed by atoms with Gasteiger partial charge >= 0.3 is 0 Å². The fraction of sp³-hybridized carbons (Fsp3) is 0. The first-order valence-electron chi connectivity index (χ1n) is 17.5. The highest BCUT2D eigenvalue weighted by Gasteiger charge is 2.23. The first kappa shape index (κ1) is 29.4. The molecule has 0 amide bonds. The molecule has 0 spiro atoms. The van der Waals surface area contributed by atoms with Crippen LogP contribution in [0.15, 0.2) is 173 Å². The predicted octanol–water partition coefficient (Wildman–Crippen LogP) is 11.7. The fourth-order valence-electron chi connectivity index (χ4n) is 7.54. The summed E-state index contributed by atoms with van der Waals surface area (Å²) >= 11 is 0. The van der Waals surface area contributed by atoms with Crippen molar-refractivity contribution in [3.05, 3.63) is 164 Å². The Labute approximate surface area is 302 Å². The van der Waals surface area contributed by atoms with Crippen molar-refractivity contribution in [3.8, 4) is 51.3 Å². The monoisotopic (exact) mass is 681 g/mol. The largest absolute Gasteiger partial charge is 0.455 e. The number of hydrogen-bond donors (Lipinski definition) is 0. The van der Waals surface area contributed by atoms with Crippen LogP contribution in [0, 0.1) is 0 Å². The molecule has 0 aliphatic heterocycles. The normalized spacial score (nSPS) is 11.8. The van der Waals surface area contributed by atoms with Crippen molar-refractivity contribution < 1.29 is 8.83 Å². The van der Waals surface area contributed by atoms with Gasteiger partial charge < -0.3 is 8.83 Å². The Morgan fingerprint density at radius 1 is 0.396 bits per heavy atom. The lowest BCUT2D eigenvalue weighted by Crippen LogP contribution is -2.06. The van der Waals surface area contributed by atoms with Crippen LogP contribution in [0.1, 0.15) is 0 Å². The predicted molar refractivity (Wildman–Crippen MR) is 211 cm³/mol. The molecule has 0 fully saturated rings. The van der Waals surface area contributed by atoms with Gasteiger partial charge in [0.1, 0.15) is 16.7 Å².